The van der Waals surface area contributed by atoms with Crippen LogP contribution in [0.4, 0.5) is 0 Å². The molecule has 1 aliphatic rings. The average Bonchev–Trinajstić information content (AvgIpc) is 2.60. The van der Waals surface area contributed by atoms with E-state index in [0.717, 1.165) is 19.6 Å². The summed E-state index contributed by atoms with van der Waals surface area (Å²) in [6, 6.07) is 2.11. The zero-order chi connectivity index (χ0) is 12.4. The molecule has 1 amide bonds. The zero-order valence-electron chi connectivity index (χ0n) is 10.7. The number of thiophene rings is 1. The summed E-state index contributed by atoms with van der Waals surface area (Å²) in [5.41, 5.74) is 1.28. The summed E-state index contributed by atoms with van der Waals surface area (Å²) < 4.78 is 0. The van der Waals surface area contributed by atoms with E-state index in [9.17, 15) is 4.79 Å². The van der Waals surface area contributed by atoms with Crippen LogP contribution in [0.25, 0.3) is 0 Å². The molecule has 2 heterocycles. The Labute approximate surface area is 107 Å². The molecule has 94 valence electrons. The molecular weight excluding hydrogens is 232 g/mol. The molecule has 1 atom stereocenters. The van der Waals surface area contributed by atoms with E-state index in [-0.39, 0.29) is 11.8 Å². The van der Waals surface area contributed by atoms with Crippen molar-refractivity contribution in [2.24, 2.45) is 11.8 Å². The summed E-state index contributed by atoms with van der Waals surface area (Å²) in [6.45, 7) is 6.86. The lowest BCUT2D eigenvalue weighted by Crippen LogP contribution is -2.49. The summed E-state index contributed by atoms with van der Waals surface area (Å²) in [4.78, 5) is 15.4. The first-order chi connectivity index (χ1) is 8.09. The van der Waals surface area contributed by atoms with Crippen molar-refractivity contribution in [1.82, 2.24) is 10.2 Å². The number of hydrogen-bond acceptors (Lipinski definition) is 3. The van der Waals surface area contributed by atoms with Gasteiger partial charge in [0.05, 0.1) is 6.54 Å². The Morgan fingerprint density at radius 3 is 2.82 bits per heavy atom. The van der Waals surface area contributed by atoms with Crippen LogP contribution in [-0.2, 0) is 11.3 Å². The van der Waals surface area contributed by atoms with Crippen LogP contribution in [0.2, 0.25) is 0 Å². The van der Waals surface area contributed by atoms with E-state index >= 15 is 0 Å². The molecule has 3 nitrogen and oxygen atoms in total. The molecular formula is C13H20N2OS. The highest BCUT2D eigenvalue weighted by Crippen LogP contribution is 2.21. The van der Waals surface area contributed by atoms with Gasteiger partial charge in [-0.1, -0.05) is 6.92 Å². The highest BCUT2D eigenvalue weighted by molar-refractivity contribution is 7.10. The zero-order valence-corrected chi connectivity index (χ0v) is 11.5. The molecule has 2 rings (SSSR count). The van der Waals surface area contributed by atoms with Gasteiger partial charge in [0.2, 0.25) is 5.91 Å². The van der Waals surface area contributed by atoms with E-state index < -0.39 is 0 Å². The molecule has 4 heteroatoms. The lowest BCUT2D eigenvalue weighted by molar-refractivity contribution is -0.136. The molecule has 1 aliphatic heterocycles. The Hall–Kier alpha value is -0.870. The molecule has 1 aromatic heterocycles. The lowest BCUT2D eigenvalue weighted by atomic mass is 9.88. The smallest absolute Gasteiger partial charge is 0.225 e. The Kier molecular flexibility index (Phi) is 3.84. The van der Waals surface area contributed by atoms with Crippen molar-refractivity contribution in [3.05, 3.63) is 21.9 Å². The highest BCUT2D eigenvalue weighted by atomic mass is 32.1. The third kappa shape index (κ3) is 2.69. The molecule has 0 radical (unpaired) electrons. The maximum atomic E-state index is 12.2. The third-order valence-corrected chi connectivity index (χ3v) is 4.64. The maximum Gasteiger partial charge on any atom is 0.225 e. The van der Waals surface area contributed by atoms with E-state index in [0.29, 0.717) is 5.92 Å². The van der Waals surface area contributed by atoms with Crippen LogP contribution in [-0.4, -0.2) is 30.9 Å². The fourth-order valence-electron chi connectivity index (χ4n) is 2.07. The second-order valence-corrected chi connectivity index (χ2v) is 5.93. The molecule has 0 spiro atoms. The van der Waals surface area contributed by atoms with E-state index in [1.807, 2.05) is 18.9 Å². The van der Waals surface area contributed by atoms with Crippen LogP contribution < -0.4 is 5.32 Å². The standard InChI is InChI=1S/C13H20N2OS/c1-9-4-5-17-12(9)8-15(3)13(16)10(2)11-6-14-7-11/h4-5,10-11,14H,6-8H2,1-3H3. The van der Waals surface area contributed by atoms with Crippen LogP contribution in [0.5, 0.6) is 0 Å². The lowest BCUT2D eigenvalue weighted by Gasteiger charge is -2.33. The normalized spacial score (nSPS) is 17.6. The molecule has 1 fully saturated rings. The van der Waals surface area contributed by atoms with Gasteiger partial charge in [-0.15, -0.1) is 11.3 Å². The third-order valence-electron chi connectivity index (χ3n) is 3.63. The topological polar surface area (TPSA) is 32.3 Å². The largest absolute Gasteiger partial charge is 0.340 e. The van der Waals surface area contributed by atoms with Crippen LogP contribution in [0.3, 0.4) is 0 Å². The fraction of sp³-hybridized carbons (Fsp3) is 0.615. The molecule has 0 saturated carbocycles. The molecule has 0 bridgehead atoms. The fourth-order valence-corrected chi connectivity index (χ4v) is 3.03. The second kappa shape index (κ2) is 5.19. The number of carbonyl (C=O) groups excluding carboxylic acids is 1. The van der Waals surface area contributed by atoms with Gasteiger partial charge < -0.3 is 10.2 Å². The molecule has 1 unspecified atom stereocenters. The van der Waals surface area contributed by atoms with E-state index in [1.54, 1.807) is 11.3 Å². The first-order valence-corrected chi connectivity index (χ1v) is 6.96. The van der Waals surface area contributed by atoms with Crippen LogP contribution in [0.1, 0.15) is 17.4 Å². The summed E-state index contributed by atoms with van der Waals surface area (Å²) in [5, 5.41) is 5.31. The molecule has 1 saturated heterocycles. The Morgan fingerprint density at radius 1 is 1.65 bits per heavy atom. The number of nitrogens with one attached hydrogen (secondary N) is 1. The minimum Gasteiger partial charge on any atom is -0.340 e. The van der Waals surface area contributed by atoms with Crippen molar-refractivity contribution in [3.63, 3.8) is 0 Å². The van der Waals surface area contributed by atoms with Crippen molar-refractivity contribution in [2.45, 2.75) is 20.4 Å². The minimum absolute atomic E-state index is 0.140. The van der Waals surface area contributed by atoms with Crippen molar-refractivity contribution in [2.75, 3.05) is 20.1 Å². The second-order valence-electron chi connectivity index (χ2n) is 4.93. The van der Waals surface area contributed by atoms with Crippen molar-refractivity contribution in [3.8, 4) is 0 Å². The maximum absolute atomic E-state index is 12.2. The number of rotatable bonds is 4. The van der Waals surface area contributed by atoms with Gasteiger partial charge in [-0.05, 0) is 42.9 Å². The summed E-state index contributed by atoms with van der Waals surface area (Å²) >= 11 is 1.73. The van der Waals surface area contributed by atoms with Gasteiger partial charge in [-0.3, -0.25) is 4.79 Å². The Morgan fingerprint density at radius 2 is 2.35 bits per heavy atom. The van der Waals surface area contributed by atoms with Gasteiger partial charge in [0.25, 0.3) is 0 Å². The average molecular weight is 252 g/mol. The van der Waals surface area contributed by atoms with Crippen LogP contribution in [0, 0.1) is 18.8 Å². The monoisotopic (exact) mass is 252 g/mol. The Bertz CT molecular complexity index is 398. The van der Waals surface area contributed by atoms with Gasteiger partial charge in [-0.25, -0.2) is 0 Å². The van der Waals surface area contributed by atoms with Crippen molar-refractivity contribution in [1.29, 1.82) is 0 Å². The number of carbonyl (C=O) groups is 1. The van der Waals surface area contributed by atoms with Crippen LogP contribution in [0.15, 0.2) is 11.4 Å². The van der Waals surface area contributed by atoms with Crippen molar-refractivity contribution >= 4 is 17.2 Å². The van der Waals surface area contributed by atoms with Gasteiger partial charge in [-0.2, -0.15) is 0 Å². The summed E-state index contributed by atoms with van der Waals surface area (Å²) in [7, 11) is 1.91. The number of nitrogens with zero attached hydrogens (tertiary/aromatic N) is 1. The molecule has 1 aromatic rings. The predicted molar refractivity (Wildman–Crippen MR) is 71.1 cm³/mol. The van der Waals surface area contributed by atoms with Crippen LogP contribution >= 0.6 is 11.3 Å². The summed E-state index contributed by atoms with van der Waals surface area (Å²) in [5.74, 6) is 0.931. The molecule has 0 aliphatic carbocycles. The highest BCUT2D eigenvalue weighted by Gasteiger charge is 2.30. The predicted octanol–water partition coefficient (Wildman–Crippen LogP) is 1.87. The molecule has 1 N–H and O–H groups in total. The number of aryl methyl sites for hydroxylation is 1. The molecule has 17 heavy (non-hydrogen) atoms. The van der Waals surface area contributed by atoms with Gasteiger partial charge >= 0.3 is 0 Å². The number of hydrogen-bond donors (Lipinski definition) is 1. The quantitative estimate of drug-likeness (QED) is 0.887. The van der Waals surface area contributed by atoms with Gasteiger partial charge in [0, 0.05) is 17.8 Å². The van der Waals surface area contributed by atoms with E-state index in [2.05, 4.69) is 23.7 Å². The summed E-state index contributed by atoms with van der Waals surface area (Å²) in [6.07, 6.45) is 0. The van der Waals surface area contributed by atoms with Crippen molar-refractivity contribution < 1.29 is 4.79 Å². The SMILES string of the molecule is Cc1ccsc1CN(C)C(=O)C(C)C1CNC1. The molecule has 0 aromatic carbocycles. The number of amides is 1. The van der Waals surface area contributed by atoms with Gasteiger partial charge in [0.15, 0.2) is 0 Å². The van der Waals surface area contributed by atoms with Gasteiger partial charge in [0.1, 0.15) is 0 Å². The van der Waals surface area contributed by atoms with E-state index in [4.69, 9.17) is 0 Å². The first-order valence-electron chi connectivity index (χ1n) is 6.08. The Balaban J connectivity index is 1.93. The van der Waals surface area contributed by atoms with E-state index in [1.165, 1.54) is 10.4 Å². The first kappa shape index (κ1) is 12.6. The minimum atomic E-state index is 0.140.